The van der Waals surface area contributed by atoms with Gasteiger partial charge in [0.05, 0.1) is 0 Å². The van der Waals surface area contributed by atoms with E-state index in [9.17, 15) is 18.0 Å². The predicted molar refractivity (Wildman–Crippen MR) is 36.2 cm³/mol. The third-order valence-corrected chi connectivity index (χ3v) is 2.71. The van der Waals surface area contributed by atoms with E-state index >= 15 is 0 Å². The third-order valence-electron chi connectivity index (χ3n) is 1.47. The fourth-order valence-corrected chi connectivity index (χ4v) is 1.58. The van der Waals surface area contributed by atoms with Gasteiger partial charge in [0, 0.05) is 0 Å². The maximum atomic E-state index is 12.1. The molecule has 62 valence electrons. The van der Waals surface area contributed by atoms with E-state index in [0.717, 1.165) is 0 Å². The molecule has 0 radical (unpaired) electrons. The highest BCUT2D eigenvalue weighted by molar-refractivity contribution is 8.04. The Kier molecular flexibility index (Phi) is 2.00. The van der Waals surface area contributed by atoms with Crippen LogP contribution in [0.2, 0.25) is 0 Å². The van der Waals surface area contributed by atoms with Crippen molar-refractivity contribution in [3.63, 3.8) is 0 Å². The van der Waals surface area contributed by atoms with Crippen molar-refractivity contribution in [2.45, 2.75) is 17.3 Å². The van der Waals surface area contributed by atoms with Crippen LogP contribution in [-0.4, -0.2) is 17.2 Å². The van der Waals surface area contributed by atoms with Crippen LogP contribution in [0.5, 0.6) is 0 Å². The molecule has 11 heavy (non-hydrogen) atoms. The summed E-state index contributed by atoms with van der Waals surface area (Å²) in [6.45, 7) is 0. The molecule has 5 heteroatoms. The summed E-state index contributed by atoms with van der Waals surface area (Å²) in [6, 6.07) is 0. The van der Waals surface area contributed by atoms with Crippen molar-refractivity contribution >= 4 is 18.0 Å². The molecule has 0 saturated carbocycles. The van der Waals surface area contributed by atoms with Crippen molar-refractivity contribution in [2.24, 2.45) is 0 Å². The van der Waals surface area contributed by atoms with E-state index in [4.69, 9.17) is 0 Å². The predicted octanol–water partition coefficient (Wildman–Crippen LogP) is 2.14. The minimum Gasteiger partial charge on any atom is -0.301 e. The maximum Gasteiger partial charge on any atom is 0.410 e. The first-order valence-electron chi connectivity index (χ1n) is 2.88. The molecule has 1 atom stereocenters. The molecule has 0 aliphatic carbocycles. The fourth-order valence-electron chi connectivity index (χ4n) is 0.766. The molecule has 1 aliphatic rings. The van der Waals surface area contributed by atoms with Gasteiger partial charge in [-0.05, 0) is 11.8 Å². The molecule has 0 aromatic carbocycles. The lowest BCUT2D eigenvalue weighted by Crippen LogP contribution is -2.41. The Morgan fingerprint density at radius 2 is 2.18 bits per heavy atom. The van der Waals surface area contributed by atoms with Gasteiger partial charge in [-0.2, -0.15) is 13.2 Å². The number of aldehydes is 1. The lowest BCUT2D eigenvalue weighted by molar-refractivity contribution is -0.161. The molecule has 0 aromatic heterocycles. The first-order valence-corrected chi connectivity index (χ1v) is 3.76. The summed E-state index contributed by atoms with van der Waals surface area (Å²) in [5.74, 6) is 0. The zero-order valence-corrected chi connectivity index (χ0v) is 6.21. The second-order valence-corrected chi connectivity index (χ2v) is 3.44. The van der Waals surface area contributed by atoms with Gasteiger partial charge in [0.2, 0.25) is 0 Å². The summed E-state index contributed by atoms with van der Waals surface area (Å²) in [4.78, 5) is 10.2. The Balaban J connectivity index is 2.86. The molecule has 0 bridgehead atoms. The van der Waals surface area contributed by atoms with Crippen molar-refractivity contribution < 1.29 is 18.0 Å². The summed E-state index contributed by atoms with van der Waals surface area (Å²) in [5, 5.41) is 1.31. The summed E-state index contributed by atoms with van der Waals surface area (Å²) < 4.78 is 34.2. The van der Waals surface area contributed by atoms with E-state index < -0.39 is 10.9 Å². The van der Waals surface area contributed by atoms with Crippen molar-refractivity contribution in [2.75, 3.05) is 0 Å². The number of rotatable bonds is 1. The zero-order chi connectivity index (χ0) is 8.54. The standard InChI is InChI=1S/C6H5F3OS/c7-6(8,9)5(4-10)2-1-3-11-5/h1,3-4H,2H2. The summed E-state index contributed by atoms with van der Waals surface area (Å²) in [6.07, 6.45) is -3.36. The normalized spacial score (nSPS) is 30.8. The quantitative estimate of drug-likeness (QED) is 0.578. The number of thioether (sulfide) groups is 1. The fraction of sp³-hybridized carbons (Fsp3) is 0.500. The van der Waals surface area contributed by atoms with E-state index in [0.29, 0.717) is 11.8 Å². The number of hydrogen-bond acceptors (Lipinski definition) is 2. The molecule has 1 nitrogen and oxygen atoms in total. The molecular weight excluding hydrogens is 177 g/mol. The van der Waals surface area contributed by atoms with Crippen molar-refractivity contribution in [1.82, 2.24) is 0 Å². The second-order valence-electron chi connectivity index (χ2n) is 2.20. The molecule has 0 aromatic rings. The van der Waals surface area contributed by atoms with Gasteiger partial charge in [0.25, 0.3) is 0 Å². The maximum absolute atomic E-state index is 12.1. The first-order chi connectivity index (χ1) is 5.02. The Bertz CT molecular complexity index is 188. The first kappa shape index (κ1) is 8.64. The van der Waals surface area contributed by atoms with Crippen molar-refractivity contribution in [3.05, 3.63) is 11.5 Å². The smallest absolute Gasteiger partial charge is 0.301 e. The molecule has 0 amide bonds. The monoisotopic (exact) mass is 182 g/mol. The number of allylic oxidation sites excluding steroid dienone is 1. The second kappa shape index (κ2) is 2.55. The van der Waals surface area contributed by atoms with Crippen LogP contribution in [0.1, 0.15) is 6.42 Å². The van der Waals surface area contributed by atoms with E-state index in [-0.39, 0.29) is 12.7 Å². The lowest BCUT2D eigenvalue weighted by atomic mass is 10.1. The molecule has 1 heterocycles. The highest BCUT2D eigenvalue weighted by atomic mass is 32.2. The number of carbonyl (C=O) groups excluding carboxylic acids is 1. The molecule has 0 spiro atoms. The van der Waals surface area contributed by atoms with Gasteiger partial charge in [0.15, 0.2) is 4.75 Å². The topological polar surface area (TPSA) is 17.1 Å². The van der Waals surface area contributed by atoms with Gasteiger partial charge in [-0.3, -0.25) is 0 Å². The Labute approximate surface area is 65.6 Å². The third kappa shape index (κ3) is 1.29. The Morgan fingerprint density at radius 1 is 1.55 bits per heavy atom. The largest absolute Gasteiger partial charge is 0.410 e. The van der Waals surface area contributed by atoms with Gasteiger partial charge < -0.3 is 4.79 Å². The van der Waals surface area contributed by atoms with E-state index in [1.165, 1.54) is 11.5 Å². The summed E-state index contributed by atoms with van der Waals surface area (Å²) >= 11 is 0.523. The number of carbonyl (C=O) groups is 1. The molecular formula is C6H5F3OS. The summed E-state index contributed by atoms with van der Waals surface area (Å²) in [5.41, 5.74) is 0. The SMILES string of the molecule is O=CC1(C(F)(F)F)CC=CS1. The average molecular weight is 182 g/mol. The minimum atomic E-state index is -4.44. The lowest BCUT2D eigenvalue weighted by Gasteiger charge is -2.23. The van der Waals surface area contributed by atoms with Crippen LogP contribution in [0.3, 0.4) is 0 Å². The van der Waals surface area contributed by atoms with Crippen LogP contribution < -0.4 is 0 Å². The summed E-state index contributed by atoms with van der Waals surface area (Å²) in [7, 11) is 0. The van der Waals surface area contributed by atoms with Gasteiger partial charge in [-0.25, -0.2) is 0 Å². The van der Waals surface area contributed by atoms with Crippen molar-refractivity contribution in [1.29, 1.82) is 0 Å². The van der Waals surface area contributed by atoms with Crippen LogP contribution in [0.15, 0.2) is 11.5 Å². The number of halogens is 3. The van der Waals surface area contributed by atoms with E-state index in [1.807, 2.05) is 0 Å². The van der Waals surface area contributed by atoms with Crippen LogP contribution in [0, 0.1) is 0 Å². The van der Waals surface area contributed by atoms with E-state index in [1.54, 1.807) is 0 Å². The molecule has 1 aliphatic heterocycles. The van der Waals surface area contributed by atoms with E-state index in [2.05, 4.69) is 0 Å². The molecule has 0 fully saturated rings. The Hall–Kier alpha value is -0.450. The highest BCUT2D eigenvalue weighted by Gasteiger charge is 2.55. The number of hydrogen-bond donors (Lipinski definition) is 0. The highest BCUT2D eigenvalue weighted by Crippen LogP contribution is 2.46. The van der Waals surface area contributed by atoms with Gasteiger partial charge in [-0.1, -0.05) is 6.08 Å². The molecule has 0 N–H and O–H groups in total. The van der Waals surface area contributed by atoms with Gasteiger partial charge in [0.1, 0.15) is 6.29 Å². The minimum absolute atomic E-state index is 0.0301. The van der Waals surface area contributed by atoms with Crippen LogP contribution in [-0.2, 0) is 4.79 Å². The number of alkyl halides is 3. The zero-order valence-electron chi connectivity index (χ0n) is 5.39. The van der Waals surface area contributed by atoms with Crippen LogP contribution >= 0.6 is 11.8 Å². The molecule has 0 saturated heterocycles. The Morgan fingerprint density at radius 3 is 2.36 bits per heavy atom. The molecule has 1 unspecified atom stereocenters. The van der Waals surface area contributed by atoms with Crippen molar-refractivity contribution in [3.8, 4) is 0 Å². The molecule has 1 rings (SSSR count). The van der Waals surface area contributed by atoms with Gasteiger partial charge in [-0.15, -0.1) is 11.8 Å². The van der Waals surface area contributed by atoms with Gasteiger partial charge >= 0.3 is 6.18 Å². The average Bonchev–Trinajstić information content (AvgIpc) is 2.33. The van der Waals surface area contributed by atoms with Crippen LogP contribution in [0.4, 0.5) is 13.2 Å². The van der Waals surface area contributed by atoms with Crippen LogP contribution in [0.25, 0.3) is 0 Å².